The molecule has 32 heavy (non-hydrogen) atoms. The fraction of sp³-hybridized carbons (Fsp3) is 0.440. The van der Waals surface area contributed by atoms with Crippen LogP contribution in [-0.2, 0) is 20.7 Å². The van der Waals surface area contributed by atoms with E-state index >= 15 is 0 Å². The molecule has 172 valence electrons. The number of anilines is 2. The van der Waals surface area contributed by atoms with Gasteiger partial charge in [0.2, 0.25) is 0 Å². The maximum atomic E-state index is 12.2. The number of para-hydroxylation sites is 1. The molecule has 1 aliphatic heterocycles. The number of benzene rings is 2. The molecular formula is C25H33N3O4. The summed E-state index contributed by atoms with van der Waals surface area (Å²) in [6.07, 6.45) is -0.311. The van der Waals surface area contributed by atoms with Crippen molar-refractivity contribution in [1.29, 1.82) is 0 Å². The van der Waals surface area contributed by atoms with Crippen LogP contribution < -0.4 is 15.1 Å². The largest absolute Gasteiger partial charge is 0.467 e. The third kappa shape index (κ3) is 6.64. The summed E-state index contributed by atoms with van der Waals surface area (Å²) < 4.78 is 10.1. The van der Waals surface area contributed by atoms with E-state index < -0.39 is 23.7 Å². The second-order valence-corrected chi connectivity index (χ2v) is 8.90. The quantitative estimate of drug-likeness (QED) is 0.694. The van der Waals surface area contributed by atoms with Gasteiger partial charge in [0.05, 0.1) is 7.11 Å². The van der Waals surface area contributed by atoms with Crippen LogP contribution in [0.4, 0.5) is 16.2 Å². The highest BCUT2D eigenvalue weighted by molar-refractivity contribution is 5.81. The number of hydrogen-bond acceptors (Lipinski definition) is 6. The maximum Gasteiger partial charge on any atom is 0.408 e. The number of amides is 1. The fourth-order valence-electron chi connectivity index (χ4n) is 3.73. The van der Waals surface area contributed by atoms with Crippen LogP contribution in [0.15, 0.2) is 54.6 Å². The molecule has 1 saturated heterocycles. The summed E-state index contributed by atoms with van der Waals surface area (Å²) in [7, 11) is 1.31. The Morgan fingerprint density at radius 1 is 0.906 bits per heavy atom. The zero-order chi connectivity index (χ0) is 23.1. The molecule has 0 unspecified atom stereocenters. The molecule has 0 spiro atoms. The summed E-state index contributed by atoms with van der Waals surface area (Å²) in [6, 6.07) is 17.8. The Kier molecular flexibility index (Phi) is 7.62. The Bertz CT molecular complexity index is 886. The van der Waals surface area contributed by atoms with E-state index in [1.54, 1.807) is 20.8 Å². The normalized spacial score (nSPS) is 15.1. The van der Waals surface area contributed by atoms with Crippen molar-refractivity contribution in [3.8, 4) is 0 Å². The Balaban J connectivity index is 1.58. The van der Waals surface area contributed by atoms with Crippen LogP contribution in [0, 0.1) is 0 Å². The van der Waals surface area contributed by atoms with Crippen LogP contribution in [-0.4, -0.2) is 57.0 Å². The van der Waals surface area contributed by atoms with Crippen molar-refractivity contribution < 1.29 is 19.1 Å². The number of hydrogen-bond donors (Lipinski definition) is 1. The fourth-order valence-corrected chi connectivity index (χ4v) is 3.73. The Hall–Kier alpha value is -3.22. The van der Waals surface area contributed by atoms with Gasteiger partial charge in [0.25, 0.3) is 0 Å². The summed E-state index contributed by atoms with van der Waals surface area (Å²) in [5.74, 6) is -0.503. The molecule has 2 aromatic rings. The van der Waals surface area contributed by atoms with Gasteiger partial charge in [-0.05, 0) is 50.6 Å². The third-order valence-corrected chi connectivity index (χ3v) is 5.32. The number of rotatable bonds is 6. The van der Waals surface area contributed by atoms with E-state index in [2.05, 4.69) is 51.5 Å². The minimum absolute atomic E-state index is 0.327. The van der Waals surface area contributed by atoms with Gasteiger partial charge in [0.1, 0.15) is 11.6 Å². The van der Waals surface area contributed by atoms with Gasteiger partial charge in [-0.25, -0.2) is 9.59 Å². The standard InChI is InChI=1S/C25H33N3O4/c1-25(2,3)32-24(30)26-22(23(29)31-4)18-19-10-12-21(13-11-19)28-16-14-27(15-17-28)20-8-6-5-7-9-20/h5-13,22H,14-18H2,1-4H3,(H,26,30)/t22-/m0/s1. The number of esters is 1. The molecule has 1 fully saturated rings. The van der Waals surface area contributed by atoms with E-state index in [0.29, 0.717) is 6.42 Å². The minimum atomic E-state index is -0.810. The lowest BCUT2D eigenvalue weighted by molar-refractivity contribution is -0.143. The number of nitrogens with one attached hydrogen (secondary N) is 1. The smallest absolute Gasteiger partial charge is 0.408 e. The monoisotopic (exact) mass is 439 g/mol. The first-order chi connectivity index (χ1) is 15.2. The molecule has 0 radical (unpaired) electrons. The van der Waals surface area contributed by atoms with Crippen LogP contribution in [0.25, 0.3) is 0 Å². The highest BCUT2D eigenvalue weighted by Gasteiger charge is 2.25. The lowest BCUT2D eigenvalue weighted by atomic mass is 10.1. The SMILES string of the molecule is COC(=O)[C@H](Cc1ccc(N2CCN(c3ccccc3)CC2)cc1)NC(=O)OC(C)(C)C. The van der Waals surface area contributed by atoms with Crippen molar-refractivity contribution in [2.75, 3.05) is 43.1 Å². The van der Waals surface area contributed by atoms with Gasteiger partial charge in [0, 0.05) is 44.0 Å². The van der Waals surface area contributed by atoms with Crippen molar-refractivity contribution >= 4 is 23.4 Å². The molecule has 1 aliphatic rings. The average molecular weight is 440 g/mol. The van der Waals surface area contributed by atoms with E-state index in [-0.39, 0.29) is 0 Å². The van der Waals surface area contributed by atoms with Crippen LogP contribution in [0.2, 0.25) is 0 Å². The predicted octanol–water partition coefficient (Wildman–Crippen LogP) is 3.62. The van der Waals surface area contributed by atoms with Crippen LogP contribution >= 0.6 is 0 Å². The molecule has 0 aliphatic carbocycles. The number of ether oxygens (including phenoxy) is 2. The summed E-state index contributed by atoms with van der Waals surface area (Å²) in [6.45, 7) is 9.15. The highest BCUT2D eigenvalue weighted by Crippen LogP contribution is 2.21. The number of carbonyl (C=O) groups excluding carboxylic acids is 2. The highest BCUT2D eigenvalue weighted by atomic mass is 16.6. The van der Waals surface area contributed by atoms with E-state index in [4.69, 9.17) is 9.47 Å². The van der Waals surface area contributed by atoms with Crippen LogP contribution in [0.1, 0.15) is 26.3 Å². The molecule has 0 saturated carbocycles. The molecule has 1 atom stereocenters. The van der Waals surface area contributed by atoms with Gasteiger partial charge in [-0.3, -0.25) is 0 Å². The first kappa shape index (κ1) is 23.4. The number of piperazine rings is 1. The van der Waals surface area contributed by atoms with Gasteiger partial charge in [-0.2, -0.15) is 0 Å². The van der Waals surface area contributed by atoms with Crippen LogP contribution in [0.5, 0.6) is 0 Å². The first-order valence-electron chi connectivity index (χ1n) is 11.0. The molecule has 0 bridgehead atoms. The molecule has 7 heteroatoms. The number of methoxy groups -OCH3 is 1. The molecular weight excluding hydrogens is 406 g/mol. The van der Waals surface area contributed by atoms with E-state index in [9.17, 15) is 9.59 Å². The van der Waals surface area contributed by atoms with Gasteiger partial charge in [-0.15, -0.1) is 0 Å². The summed E-state index contributed by atoms with van der Waals surface area (Å²) in [5, 5.41) is 2.62. The lowest BCUT2D eigenvalue weighted by Crippen LogP contribution is -2.46. The average Bonchev–Trinajstić information content (AvgIpc) is 2.78. The number of carbonyl (C=O) groups is 2. The van der Waals surface area contributed by atoms with Crippen molar-refractivity contribution in [2.45, 2.75) is 38.8 Å². The summed E-state index contributed by atoms with van der Waals surface area (Å²) in [4.78, 5) is 29.0. The minimum Gasteiger partial charge on any atom is -0.467 e. The van der Waals surface area contributed by atoms with E-state index in [0.717, 1.165) is 37.4 Å². The van der Waals surface area contributed by atoms with Crippen molar-refractivity contribution in [3.05, 3.63) is 60.2 Å². The van der Waals surface area contributed by atoms with Gasteiger partial charge in [0.15, 0.2) is 0 Å². The van der Waals surface area contributed by atoms with Gasteiger partial charge in [-0.1, -0.05) is 30.3 Å². The van der Waals surface area contributed by atoms with Crippen LogP contribution in [0.3, 0.4) is 0 Å². The zero-order valence-electron chi connectivity index (χ0n) is 19.3. The molecule has 1 amide bonds. The van der Waals surface area contributed by atoms with Crippen molar-refractivity contribution in [2.24, 2.45) is 0 Å². The Morgan fingerprint density at radius 3 is 1.94 bits per heavy atom. The molecule has 2 aromatic carbocycles. The Morgan fingerprint density at radius 2 is 1.44 bits per heavy atom. The molecule has 1 heterocycles. The van der Waals surface area contributed by atoms with Gasteiger partial charge < -0.3 is 24.6 Å². The second-order valence-electron chi connectivity index (χ2n) is 8.90. The zero-order valence-corrected chi connectivity index (χ0v) is 19.3. The van der Waals surface area contributed by atoms with Crippen molar-refractivity contribution in [1.82, 2.24) is 5.32 Å². The second kappa shape index (κ2) is 10.4. The first-order valence-corrected chi connectivity index (χ1v) is 11.0. The molecule has 0 aromatic heterocycles. The number of nitrogens with zero attached hydrogens (tertiary/aromatic N) is 2. The molecule has 3 rings (SSSR count). The van der Waals surface area contributed by atoms with E-state index in [1.165, 1.54) is 12.8 Å². The van der Waals surface area contributed by atoms with Gasteiger partial charge >= 0.3 is 12.1 Å². The third-order valence-electron chi connectivity index (χ3n) is 5.32. The number of alkyl carbamates (subject to hydrolysis) is 1. The van der Waals surface area contributed by atoms with E-state index in [1.807, 2.05) is 18.2 Å². The lowest BCUT2D eigenvalue weighted by Gasteiger charge is -2.37. The maximum absolute atomic E-state index is 12.2. The predicted molar refractivity (Wildman–Crippen MR) is 126 cm³/mol. The molecule has 1 N–H and O–H groups in total. The van der Waals surface area contributed by atoms with Crippen molar-refractivity contribution in [3.63, 3.8) is 0 Å². The topological polar surface area (TPSA) is 71.1 Å². The molecule has 7 nitrogen and oxygen atoms in total. The summed E-state index contributed by atoms with van der Waals surface area (Å²) >= 11 is 0. The summed E-state index contributed by atoms with van der Waals surface area (Å²) in [5.41, 5.74) is 2.70. The Labute approximate surface area is 190 Å².